The molecule has 1 aromatic carbocycles. The van der Waals surface area contributed by atoms with Crippen molar-refractivity contribution in [3.63, 3.8) is 0 Å². The van der Waals surface area contributed by atoms with E-state index in [1.54, 1.807) is 12.5 Å². The number of amides is 1. The molecule has 1 aliphatic rings. The van der Waals surface area contributed by atoms with E-state index in [1.807, 2.05) is 35.0 Å². The van der Waals surface area contributed by atoms with Crippen LogP contribution in [0.1, 0.15) is 19.3 Å². The molecule has 0 aliphatic heterocycles. The third-order valence-corrected chi connectivity index (χ3v) is 3.58. The number of nitrogens with two attached hydrogens (primary N) is 1. The molecule has 3 rings (SSSR count). The number of nitrogens with one attached hydrogen (secondary N) is 1. The summed E-state index contributed by atoms with van der Waals surface area (Å²) in [5.74, 6) is 0.519. The van der Waals surface area contributed by atoms with Gasteiger partial charge in [0.05, 0.1) is 6.33 Å². The van der Waals surface area contributed by atoms with Crippen molar-refractivity contribution in [2.24, 2.45) is 11.7 Å². The quantitative estimate of drug-likeness (QED) is 0.872. The molecule has 2 aromatic rings. The lowest BCUT2D eigenvalue weighted by Crippen LogP contribution is -2.28. The molecule has 1 aromatic heterocycles. The van der Waals surface area contributed by atoms with Gasteiger partial charge in [-0.15, -0.1) is 0 Å². The lowest BCUT2D eigenvalue weighted by Gasteiger charge is -2.11. The van der Waals surface area contributed by atoms with Crippen molar-refractivity contribution in [3.05, 3.63) is 43.0 Å². The molecule has 0 saturated heterocycles. The Labute approximate surface area is 117 Å². The van der Waals surface area contributed by atoms with Crippen molar-refractivity contribution >= 4 is 11.6 Å². The van der Waals surface area contributed by atoms with Crippen LogP contribution in [0.4, 0.5) is 5.69 Å². The normalized spacial score (nSPS) is 15.8. The van der Waals surface area contributed by atoms with E-state index in [0.29, 0.717) is 12.3 Å². The number of rotatable bonds is 5. The zero-order valence-corrected chi connectivity index (χ0v) is 11.2. The first-order valence-corrected chi connectivity index (χ1v) is 6.86. The van der Waals surface area contributed by atoms with Crippen molar-refractivity contribution in [3.8, 4) is 5.69 Å². The summed E-state index contributed by atoms with van der Waals surface area (Å²) in [6.45, 7) is 0. The minimum absolute atomic E-state index is 0.00756. The van der Waals surface area contributed by atoms with E-state index >= 15 is 0 Å². The van der Waals surface area contributed by atoms with Crippen LogP contribution in [0, 0.1) is 5.92 Å². The molecule has 20 heavy (non-hydrogen) atoms. The van der Waals surface area contributed by atoms with Gasteiger partial charge in [-0.1, -0.05) is 6.07 Å². The molecule has 1 amide bonds. The van der Waals surface area contributed by atoms with Crippen molar-refractivity contribution in [2.75, 3.05) is 5.32 Å². The van der Waals surface area contributed by atoms with Gasteiger partial charge in [0.1, 0.15) is 0 Å². The summed E-state index contributed by atoms with van der Waals surface area (Å²) in [4.78, 5) is 16.0. The second-order valence-electron chi connectivity index (χ2n) is 5.27. The minimum Gasteiger partial charge on any atom is -0.327 e. The Hall–Kier alpha value is -2.14. The summed E-state index contributed by atoms with van der Waals surface area (Å²) in [6.07, 6.45) is 8.02. The number of nitrogens with zero attached hydrogens (tertiary/aromatic N) is 2. The number of benzene rings is 1. The minimum atomic E-state index is -0.0211. The van der Waals surface area contributed by atoms with Gasteiger partial charge in [-0.2, -0.15) is 0 Å². The van der Waals surface area contributed by atoms with Crippen LogP contribution in [-0.2, 0) is 4.79 Å². The van der Waals surface area contributed by atoms with Crippen LogP contribution in [0.3, 0.4) is 0 Å². The van der Waals surface area contributed by atoms with E-state index in [9.17, 15) is 4.79 Å². The highest BCUT2D eigenvalue weighted by Crippen LogP contribution is 2.32. The van der Waals surface area contributed by atoms with E-state index in [0.717, 1.165) is 24.2 Å². The lowest BCUT2D eigenvalue weighted by molar-refractivity contribution is -0.116. The van der Waals surface area contributed by atoms with Crippen LogP contribution in [0.15, 0.2) is 43.0 Å². The molecule has 0 radical (unpaired) electrons. The maximum absolute atomic E-state index is 11.9. The summed E-state index contributed by atoms with van der Waals surface area (Å²) in [7, 11) is 0. The molecule has 1 heterocycles. The Bertz CT molecular complexity index is 590. The first-order chi connectivity index (χ1) is 9.72. The topological polar surface area (TPSA) is 72.9 Å². The summed E-state index contributed by atoms with van der Waals surface area (Å²) in [6, 6.07) is 7.66. The third kappa shape index (κ3) is 3.05. The number of hydrogen-bond donors (Lipinski definition) is 2. The van der Waals surface area contributed by atoms with Gasteiger partial charge in [0.2, 0.25) is 5.91 Å². The number of imidazole rings is 1. The highest BCUT2D eigenvalue weighted by atomic mass is 16.1. The number of aromatic nitrogens is 2. The largest absolute Gasteiger partial charge is 0.327 e. The molecule has 0 bridgehead atoms. The average Bonchev–Trinajstić information content (AvgIpc) is 3.14. The fraction of sp³-hybridized carbons (Fsp3) is 0.333. The maximum atomic E-state index is 11.9. The van der Waals surface area contributed by atoms with Crippen LogP contribution in [0.5, 0.6) is 0 Å². The van der Waals surface area contributed by atoms with Crippen LogP contribution in [-0.4, -0.2) is 21.5 Å². The molecule has 1 atom stereocenters. The van der Waals surface area contributed by atoms with E-state index in [1.165, 1.54) is 0 Å². The fourth-order valence-electron chi connectivity index (χ4n) is 2.27. The van der Waals surface area contributed by atoms with E-state index in [-0.39, 0.29) is 11.9 Å². The second kappa shape index (κ2) is 5.46. The molecule has 1 aliphatic carbocycles. The Balaban J connectivity index is 1.65. The summed E-state index contributed by atoms with van der Waals surface area (Å²) in [5, 5.41) is 2.91. The number of hydrogen-bond acceptors (Lipinski definition) is 3. The molecule has 1 unspecified atom stereocenters. The van der Waals surface area contributed by atoms with E-state index in [4.69, 9.17) is 5.73 Å². The molecule has 5 heteroatoms. The van der Waals surface area contributed by atoms with E-state index in [2.05, 4.69) is 10.3 Å². The summed E-state index contributed by atoms with van der Waals surface area (Å²) in [5.41, 5.74) is 7.71. The first-order valence-electron chi connectivity index (χ1n) is 6.86. The van der Waals surface area contributed by atoms with Gasteiger partial charge in [-0.05, 0) is 37.0 Å². The second-order valence-corrected chi connectivity index (χ2v) is 5.27. The molecule has 3 N–H and O–H groups in total. The number of carbonyl (C=O) groups excluding carboxylic acids is 1. The highest BCUT2D eigenvalue weighted by Gasteiger charge is 2.29. The van der Waals surface area contributed by atoms with Crippen molar-refractivity contribution < 1.29 is 4.79 Å². The van der Waals surface area contributed by atoms with Crippen LogP contribution in [0.2, 0.25) is 0 Å². The van der Waals surface area contributed by atoms with Crippen molar-refractivity contribution in [1.82, 2.24) is 9.55 Å². The monoisotopic (exact) mass is 270 g/mol. The highest BCUT2D eigenvalue weighted by molar-refractivity contribution is 5.91. The molecule has 5 nitrogen and oxygen atoms in total. The van der Waals surface area contributed by atoms with Gasteiger partial charge in [-0.25, -0.2) is 4.98 Å². The standard InChI is InChI=1S/C15H18N4O/c16-14(11-4-5-11)9-15(20)18-12-2-1-3-13(8-12)19-7-6-17-10-19/h1-3,6-8,10-11,14H,4-5,9,16H2,(H,18,20). The summed E-state index contributed by atoms with van der Waals surface area (Å²) < 4.78 is 1.89. The van der Waals surface area contributed by atoms with Gasteiger partial charge in [0.15, 0.2) is 0 Å². The fourth-order valence-corrected chi connectivity index (χ4v) is 2.27. The molecule has 1 saturated carbocycles. The van der Waals surface area contributed by atoms with Crippen molar-refractivity contribution in [2.45, 2.75) is 25.3 Å². The third-order valence-electron chi connectivity index (χ3n) is 3.58. The average molecular weight is 270 g/mol. The predicted octanol–water partition coefficient (Wildman–Crippen LogP) is 1.94. The first kappa shape index (κ1) is 12.9. The van der Waals surface area contributed by atoms with Gasteiger partial charge in [0.25, 0.3) is 0 Å². The number of anilines is 1. The van der Waals surface area contributed by atoms with Gasteiger partial charge < -0.3 is 15.6 Å². The van der Waals surface area contributed by atoms with Gasteiger partial charge in [0, 0.05) is 36.2 Å². The number of carbonyl (C=O) groups is 1. The maximum Gasteiger partial charge on any atom is 0.225 e. The zero-order valence-electron chi connectivity index (χ0n) is 11.2. The Morgan fingerprint density at radius 1 is 1.50 bits per heavy atom. The SMILES string of the molecule is NC(CC(=O)Nc1cccc(-n2ccnc2)c1)C1CC1. The predicted molar refractivity (Wildman–Crippen MR) is 77.5 cm³/mol. The van der Waals surface area contributed by atoms with Gasteiger partial charge >= 0.3 is 0 Å². The molecular weight excluding hydrogens is 252 g/mol. The smallest absolute Gasteiger partial charge is 0.225 e. The lowest BCUT2D eigenvalue weighted by atomic mass is 10.1. The summed E-state index contributed by atoms with van der Waals surface area (Å²) >= 11 is 0. The molecule has 1 fully saturated rings. The molecule has 0 spiro atoms. The van der Waals surface area contributed by atoms with E-state index < -0.39 is 0 Å². The zero-order chi connectivity index (χ0) is 13.9. The Kier molecular flexibility index (Phi) is 3.52. The molecular formula is C15H18N4O. The van der Waals surface area contributed by atoms with Crippen LogP contribution >= 0.6 is 0 Å². The van der Waals surface area contributed by atoms with Crippen LogP contribution in [0.25, 0.3) is 5.69 Å². The van der Waals surface area contributed by atoms with Crippen molar-refractivity contribution in [1.29, 1.82) is 0 Å². The Morgan fingerprint density at radius 2 is 2.35 bits per heavy atom. The Morgan fingerprint density at radius 3 is 3.05 bits per heavy atom. The molecule has 104 valence electrons. The van der Waals surface area contributed by atoms with Gasteiger partial charge in [-0.3, -0.25) is 4.79 Å². The van der Waals surface area contributed by atoms with Crippen LogP contribution < -0.4 is 11.1 Å².